The summed E-state index contributed by atoms with van der Waals surface area (Å²) in [5.41, 5.74) is 9.84. The second-order valence-electron chi connectivity index (χ2n) is 4.23. The molecule has 0 spiro atoms. The molecule has 94 valence electrons. The molecule has 0 fully saturated rings. The largest absolute Gasteiger partial charge is 0.326 e. The van der Waals surface area contributed by atoms with E-state index in [0.29, 0.717) is 11.6 Å². The van der Waals surface area contributed by atoms with Crippen LogP contribution in [0.1, 0.15) is 5.56 Å². The number of hydrogen-bond donors (Lipinski definition) is 1. The van der Waals surface area contributed by atoms with Gasteiger partial charge < -0.3 is 5.73 Å². The van der Waals surface area contributed by atoms with Crippen molar-refractivity contribution in [1.29, 1.82) is 0 Å². The molecular weight excluding hydrogens is 258 g/mol. The third-order valence-electron chi connectivity index (χ3n) is 3.17. The first-order chi connectivity index (χ1) is 9.31. The van der Waals surface area contributed by atoms with Crippen molar-refractivity contribution in [2.24, 2.45) is 5.73 Å². The molecule has 0 saturated heterocycles. The summed E-state index contributed by atoms with van der Waals surface area (Å²) in [5, 5.41) is 1.69. The second kappa shape index (κ2) is 4.96. The molecule has 0 atom stereocenters. The molecule has 3 rings (SSSR count). The van der Waals surface area contributed by atoms with E-state index in [1.807, 2.05) is 36.4 Å². The molecule has 0 unspecified atom stereocenters. The van der Waals surface area contributed by atoms with E-state index in [4.69, 9.17) is 17.3 Å². The summed E-state index contributed by atoms with van der Waals surface area (Å²) in [5.74, 6) is 0. The van der Waals surface area contributed by atoms with Gasteiger partial charge in [-0.3, -0.25) is 0 Å². The van der Waals surface area contributed by atoms with Crippen molar-refractivity contribution in [2.75, 3.05) is 0 Å². The van der Waals surface area contributed by atoms with E-state index in [0.717, 1.165) is 27.6 Å². The van der Waals surface area contributed by atoms with Crippen LogP contribution >= 0.6 is 11.6 Å². The quantitative estimate of drug-likeness (QED) is 0.776. The predicted octanol–water partition coefficient (Wildman–Crippen LogP) is 3.41. The summed E-state index contributed by atoms with van der Waals surface area (Å²) < 4.78 is 0. The normalized spacial score (nSPS) is 10.8. The lowest BCUT2D eigenvalue weighted by molar-refractivity contribution is 1.08. The minimum absolute atomic E-state index is 0.422. The van der Waals surface area contributed by atoms with Crippen LogP contribution in [0.5, 0.6) is 0 Å². The number of nitrogens with zero attached hydrogens (tertiary/aromatic N) is 2. The van der Waals surface area contributed by atoms with Crippen molar-refractivity contribution >= 4 is 22.5 Å². The molecule has 2 aromatic carbocycles. The van der Waals surface area contributed by atoms with Gasteiger partial charge in [0.2, 0.25) is 0 Å². The van der Waals surface area contributed by atoms with E-state index >= 15 is 0 Å². The highest BCUT2D eigenvalue weighted by molar-refractivity contribution is 6.33. The van der Waals surface area contributed by atoms with Gasteiger partial charge in [0.1, 0.15) is 6.33 Å². The van der Waals surface area contributed by atoms with Gasteiger partial charge in [0, 0.05) is 28.7 Å². The average molecular weight is 270 g/mol. The molecule has 3 nitrogen and oxygen atoms in total. The van der Waals surface area contributed by atoms with Gasteiger partial charge in [-0.05, 0) is 23.3 Å². The lowest BCUT2D eigenvalue weighted by atomic mass is 9.96. The molecule has 0 radical (unpaired) electrons. The van der Waals surface area contributed by atoms with Crippen molar-refractivity contribution in [3.63, 3.8) is 0 Å². The van der Waals surface area contributed by atoms with Crippen LogP contribution in [0.25, 0.3) is 22.0 Å². The SMILES string of the molecule is NCc1c(-c2ccccc2Cl)ccc2ncncc12. The van der Waals surface area contributed by atoms with Crippen LogP contribution in [-0.2, 0) is 6.54 Å². The van der Waals surface area contributed by atoms with Crippen LogP contribution < -0.4 is 5.73 Å². The van der Waals surface area contributed by atoms with Gasteiger partial charge in [0.15, 0.2) is 0 Å². The van der Waals surface area contributed by atoms with Gasteiger partial charge in [0.25, 0.3) is 0 Å². The van der Waals surface area contributed by atoms with E-state index in [2.05, 4.69) is 9.97 Å². The maximum absolute atomic E-state index is 6.27. The first-order valence-corrected chi connectivity index (χ1v) is 6.35. The smallest absolute Gasteiger partial charge is 0.116 e. The van der Waals surface area contributed by atoms with Crippen LogP contribution in [-0.4, -0.2) is 9.97 Å². The number of benzene rings is 2. The molecule has 0 aliphatic rings. The fourth-order valence-electron chi connectivity index (χ4n) is 2.26. The van der Waals surface area contributed by atoms with Crippen LogP contribution in [0, 0.1) is 0 Å². The van der Waals surface area contributed by atoms with Gasteiger partial charge in [-0.2, -0.15) is 0 Å². The van der Waals surface area contributed by atoms with Crippen molar-refractivity contribution in [1.82, 2.24) is 9.97 Å². The summed E-state index contributed by atoms with van der Waals surface area (Å²) in [7, 11) is 0. The Hall–Kier alpha value is -1.97. The average Bonchev–Trinajstić information content (AvgIpc) is 2.46. The Morgan fingerprint density at radius 1 is 1.05 bits per heavy atom. The Morgan fingerprint density at radius 2 is 1.89 bits per heavy atom. The highest BCUT2D eigenvalue weighted by Crippen LogP contribution is 2.33. The van der Waals surface area contributed by atoms with E-state index in [1.165, 1.54) is 6.33 Å². The van der Waals surface area contributed by atoms with Gasteiger partial charge in [-0.15, -0.1) is 0 Å². The van der Waals surface area contributed by atoms with E-state index in [1.54, 1.807) is 6.20 Å². The predicted molar refractivity (Wildman–Crippen MR) is 77.9 cm³/mol. The number of aromatic nitrogens is 2. The van der Waals surface area contributed by atoms with Crippen LogP contribution in [0.15, 0.2) is 48.9 Å². The first kappa shape index (κ1) is 12.1. The van der Waals surface area contributed by atoms with Gasteiger partial charge in [-0.1, -0.05) is 35.9 Å². The Bertz CT molecular complexity index is 740. The van der Waals surface area contributed by atoms with E-state index in [-0.39, 0.29) is 0 Å². The number of nitrogens with two attached hydrogens (primary N) is 1. The Labute approximate surface area is 116 Å². The molecule has 3 aromatic rings. The van der Waals surface area contributed by atoms with Crippen molar-refractivity contribution in [3.05, 3.63) is 59.5 Å². The molecule has 0 aliphatic heterocycles. The van der Waals surface area contributed by atoms with Crippen LogP contribution in [0.2, 0.25) is 5.02 Å². The number of hydrogen-bond acceptors (Lipinski definition) is 3. The van der Waals surface area contributed by atoms with E-state index < -0.39 is 0 Å². The fraction of sp³-hybridized carbons (Fsp3) is 0.0667. The molecule has 0 aliphatic carbocycles. The zero-order valence-corrected chi connectivity index (χ0v) is 10.9. The first-order valence-electron chi connectivity index (χ1n) is 5.98. The van der Waals surface area contributed by atoms with Crippen LogP contribution in [0.4, 0.5) is 0 Å². The molecule has 1 heterocycles. The van der Waals surface area contributed by atoms with Gasteiger partial charge in [0.05, 0.1) is 5.52 Å². The Morgan fingerprint density at radius 3 is 2.68 bits per heavy atom. The topological polar surface area (TPSA) is 51.8 Å². The molecule has 19 heavy (non-hydrogen) atoms. The van der Waals surface area contributed by atoms with Crippen molar-refractivity contribution < 1.29 is 0 Å². The Kier molecular flexibility index (Phi) is 3.15. The lowest BCUT2D eigenvalue weighted by Crippen LogP contribution is -2.01. The minimum Gasteiger partial charge on any atom is -0.326 e. The summed E-state index contributed by atoms with van der Waals surface area (Å²) >= 11 is 6.27. The maximum atomic E-state index is 6.27. The highest BCUT2D eigenvalue weighted by atomic mass is 35.5. The molecule has 2 N–H and O–H groups in total. The van der Waals surface area contributed by atoms with Crippen molar-refractivity contribution in [3.8, 4) is 11.1 Å². The molecule has 4 heteroatoms. The standard InChI is InChI=1S/C15H12ClN3/c16-14-4-2-1-3-11(14)10-5-6-15-13(12(10)7-17)8-18-9-19-15/h1-6,8-9H,7,17H2. The fourth-order valence-corrected chi connectivity index (χ4v) is 2.50. The van der Waals surface area contributed by atoms with Crippen molar-refractivity contribution in [2.45, 2.75) is 6.54 Å². The highest BCUT2D eigenvalue weighted by Gasteiger charge is 2.11. The lowest BCUT2D eigenvalue weighted by Gasteiger charge is -2.12. The number of halogens is 1. The number of rotatable bonds is 2. The minimum atomic E-state index is 0.422. The Balaban J connectivity index is 2.33. The molecule has 0 amide bonds. The molecular formula is C15H12ClN3. The summed E-state index contributed by atoms with van der Waals surface area (Å²) in [6.07, 6.45) is 3.34. The zero-order valence-electron chi connectivity index (χ0n) is 10.2. The summed E-state index contributed by atoms with van der Waals surface area (Å²) in [6.45, 7) is 0.422. The molecule has 0 bridgehead atoms. The number of fused-ring (bicyclic) bond motifs is 1. The summed E-state index contributed by atoms with van der Waals surface area (Å²) in [6, 6.07) is 11.7. The molecule has 1 aromatic heterocycles. The van der Waals surface area contributed by atoms with Gasteiger partial charge in [-0.25, -0.2) is 9.97 Å². The monoisotopic (exact) mass is 269 g/mol. The summed E-state index contributed by atoms with van der Waals surface area (Å²) in [4.78, 5) is 8.33. The van der Waals surface area contributed by atoms with Crippen LogP contribution in [0.3, 0.4) is 0 Å². The maximum Gasteiger partial charge on any atom is 0.116 e. The van der Waals surface area contributed by atoms with E-state index in [9.17, 15) is 0 Å². The molecule has 0 saturated carbocycles. The zero-order chi connectivity index (χ0) is 13.2. The second-order valence-corrected chi connectivity index (χ2v) is 4.64. The third kappa shape index (κ3) is 2.07. The third-order valence-corrected chi connectivity index (χ3v) is 3.50. The van der Waals surface area contributed by atoms with Gasteiger partial charge >= 0.3 is 0 Å².